The molecule has 0 fully saturated rings. The standard InChI is InChI=1S/C31H31NO4/c1-18-15-19(2)28-24(16-18)27(33)25-26(21-9-11-22(12-10-21)31(3,4)5)32(30(34)29(25)36-28)17-20-7-13-23(35-6)14-8-20/h7-16,26H,17H2,1-6H3. The average Bonchev–Trinajstić information content (AvgIpc) is 3.11. The van der Waals surface area contributed by atoms with Crippen LogP contribution in [0.4, 0.5) is 0 Å². The predicted molar refractivity (Wildman–Crippen MR) is 142 cm³/mol. The monoisotopic (exact) mass is 481 g/mol. The Morgan fingerprint density at radius 3 is 2.22 bits per heavy atom. The van der Waals surface area contributed by atoms with Crippen molar-refractivity contribution in [2.45, 2.75) is 52.6 Å². The van der Waals surface area contributed by atoms with Gasteiger partial charge >= 0.3 is 0 Å². The van der Waals surface area contributed by atoms with Gasteiger partial charge in [-0.25, -0.2) is 0 Å². The number of carbonyl (C=O) groups is 1. The van der Waals surface area contributed by atoms with Crippen LogP contribution in [0.3, 0.4) is 0 Å². The lowest BCUT2D eigenvalue weighted by atomic mass is 9.85. The molecule has 0 bridgehead atoms. The molecule has 0 saturated heterocycles. The Hall–Kier alpha value is -3.86. The minimum atomic E-state index is -0.537. The first-order valence-corrected chi connectivity index (χ1v) is 12.2. The van der Waals surface area contributed by atoms with Crippen molar-refractivity contribution in [3.05, 3.63) is 110 Å². The summed E-state index contributed by atoms with van der Waals surface area (Å²) in [4.78, 5) is 29.4. The fourth-order valence-corrected chi connectivity index (χ4v) is 5.08. The summed E-state index contributed by atoms with van der Waals surface area (Å²) < 4.78 is 11.5. The average molecular weight is 482 g/mol. The minimum absolute atomic E-state index is 0.00496. The number of fused-ring (bicyclic) bond motifs is 2. The number of rotatable bonds is 4. The van der Waals surface area contributed by atoms with Gasteiger partial charge in [-0.3, -0.25) is 9.59 Å². The molecule has 0 saturated carbocycles. The predicted octanol–water partition coefficient (Wildman–Crippen LogP) is 6.46. The molecule has 1 unspecified atom stereocenters. The van der Waals surface area contributed by atoms with Gasteiger partial charge in [0, 0.05) is 6.54 Å². The van der Waals surface area contributed by atoms with E-state index in [1.165, 1.54) is 5.56 Å². The lowest BCUT2D eigenvalue weighted by molar-refractivity contribution is 0.0714. The van der Waals surface area contributed by atoms with E-state index in [4.69, 9.17) is 9.15 Å². The van der Waals surface area contributed by atoms with Gasteiger partial charge in [0.15, 0.2) is 5.43 Å². The van der Waals surface area contributed by atoms with Gasteiger partial charge < -0.3 is 14.1 Å². The third-order valence-corrected chi connectivity index (χ3v) is 7.00. The highest BCUT2D eigenvalue weighted by Crippen LogP contribution is 2.40. The topological polar surface area (TPSA) is 59.8 Å². The smallest absolute Gasteiger partial charge is 0.291 e. The van der Waals surface area contributed by atoms with Crippen LogP contribution in [-0.4, -0.2) is 17.9 Å². The van der Waals surface area contributed by atoms with Crippen molar-refractivity contribution < 1.29 is 13.9 Å². The van der Waals surface area contributed by atoms with Crippen LogP contribution >= 0.6 is 0 Å². The lowest BCUT2D eigenvalue weighted by Gasteiger charge is -2.26. The van der Waals surface area contributed by atoms with E-state index in [9.17, 15) is 9.59 Å². The second-order valence-corrected chi connectivity index (χ2v) is 10.7. The summed E-state index contributed by atoms with van der Waals surface area (Å²) in [5.74, 6) is 0.612. The van der Waals surface area contributed by atoms with E-state index in [0.717, 1.165) is 28.0 Å². The van der Waals surface area contributed by atoms with Crippen LogP contribution in [0.1, 0.15) is 70.7 Å². The van der Waals surface area contributed by atoms with Crippen molar-refractivity contribution in [2.24, 2.45) is 0 Å². The molecular formula is C31H31NO4. The zero-order valence-electron chi connectivity index (χ0n) is 21.6. The summed E-state index contributed by atoms with van der Waals surface area (Å²) >= 11 is 0. The number of methoxy groups -OCH3 is 1. The number of hydrogen-bond acceptors (Lipinski definition) is 4. The van der Waals surface area contributed by atoms with Crippen molar-refractivity contribution in [1.82, 2.24) is 4.90 Å². The van der Waals surface area contributed by atoms with E-state index >= 15 is 0 Å². The fourth-order valence-electron chi connectivity index (χ4n) is 5.08. The molecule has 0 aliphatic carbocycles. The van der Waals surface area contributed by atoms with Gasteiger partial charge in [-0.05, 0) is 65.3 Å². The van der Waals surface area contributed by atoms with Crippen molar-refractivity contribution in [3.63, 3.8) is 0 Å². The van der Waals surface area contributed by atoms with Crippen LogP contribution in [0.15, 0.2) is 69.9 Å². The first kappa shape index (κ1) is 23.9. The molecular weight excluding hydrogens is 450 g/mol. The summed E-state index contributed by atoms with van der Waals surface area (Å²) in [7, 11) is 1.62. The fraction of sp³-hybridized carbons (Fsp3) is 0.290. The molecule has 1 amide bonds. The van der Waals surface area contributed by atoms with E-state index < -0.39 is 6.04 Å². The van der Waals surface area contributed by atoms with E-state index in [-0.39, 0.29) is 22.5 Å². The zero-order chi connectivity index (χ0) is 25.8. The molecule has 1 aliphatic rings. The summed E-state index contributed by atoms with van der Waals surface area (Å²) in [6, 6.07) is 19.1. The molecule has 0 spiro atoms. The quantitative estimate of drug-likeness (QED) is 0.336. The maximum atomic E-state index is 13.9. The van der Waals surface area contributed by atoms with Crippen molar-refractivity contribution >= 4 is 16.9 Å². The summed E-state index contributed by atoms with van der Waals surface area (Å²) in [5.41, 5.74) is 5.59. The Balaban J connectivity index is 1.69. The summed E-state index contributed by atoms with van der Waals surface area (Å²) in [5, 5.41) is 0.515. The van der Waals surface area contributed by atoms with Crippen molar-refractivity contribution in [1.29, 1.82) is 0 Å². The Morgan fingerprint density at radius 1 is 0.944 bits per heavy atom. The van der Waals surface area contributed by atoms with Gasteiger partial charge in [-0.1, -0.05) is 63.2 Å². The number of amides is 1. The Bertz CT molecular complexity index is 1520. The van der Waals surface area contributed by atoms with Gasteiger partial charge in [0.1, 0.15) is 11.3 Å². The second-order valence-electron chi connectivity index (χ2n) is 10.7. The SMILES string of the molecule is COc1ccc(CN2C(=O)c3oc4c(C)cc(C)cc4c(=O)c3C2c2ccc(C(C)(C)C)cc2)cc1. The van der Waals surface area contributed by atoms with Crippen LogP contribution in [0, 0.1) is 13.8 Å². The number of carbonyl (C=O) groups excluding carboxylic acids is 1. The van der Waals surface area contributed by atoms with Crippen molar-refractivity contribution in [3.8, 4) is 5.75 Å². The van der Waals surface area contributed by atoms with E-state index in [1.54, 1.807) is 12.0 Å². The Kier molecular flexibility index (Phi) is 5.74. The molecule has 5 nitrogen and oxygen atoms in total. The third kappa shape index (κ3) is 3.98. The first-order valence-electron chi connectivity index (χ1n) is 12.2. The molecule has 0 N–H and O–H groups in total. The van der Waals surface area contributed by atoms with E-state index in [2.05, 4.69) is 32.9 Å². The maximum Gasteiger partial charge on any atom is 0.291 e. The largest absolute Gasteiger partial charge is 0.497 e. The molecule has 5 rings (SSSR count). The van der Waals surface area contributed by atoms with Gasteiger partial charge in [-0.15, -0.1) is 0 Å². The molecule has 1 aromatic heterocycles. The van der Waals surface area contributed by atoms with Gasteiger partial charge in [0.05, 0.1) is 24.1 Å². The third-order valence-electron chi connectivity index (χ3n) is 7.00. The second kappa shape index (κ2) is 8.66. The van der Waals surface area contributed by atoms with Crippen LogP contribution in [0.5, 0.6) is 5.75 Å². The van der Waals surface area contributed by atoms with Gasteiger partial charge in [0.2, 0.25) is 5.76 Å². The number of nitrogens with zero attached hydrogens (tertiary/aromatic N) is 1. The van der Waals surface area contributed by atoms with Crippen molar-refractivity contribution in [2.75, 3.05) is 7.11 Å². The van der Waals surface area contributed by atoms with E-state index in [0.29, 0.717) is 23.1 Å². The number of ether oxygens (including phenoxy) is 1. The highest BCUT2D eigenvalue weighted by atomic mass is 16.5. The molecule has 184 valence electrons. The molecule has 1 aliphatic heterocycles. The first-order chi connectivity index (χ1) is 17.1. The number of hydrogen-bond donors (Lipinski definition) is 0. The molecule has 4 aromatic rings. The van der Waals surface area contributed by atoms with Crippen LogP contribution < -0.4 is 10.2 Å². The molecule has 3 aromatic carbocycles. The van der Waals surface area contributed by atoms with Crippen LogP contribution in [-0.2, 0) is 12.0 Å². The van der Waals surface area contributed by atoms with Crippen LogP contribution in [0.25, 0.3) is 11.0 Å². The Morgan fingerprint density at radius 2 is 1.61 bits per heavy atom. The highest BCUT2D eigenvalue weighted by Gasteiger charge is 2.43. The summed E-state index contributed by atoms with van der Waals surface area (Å²) in [6.45, 7) is 10.7. The number of benzene rings is 3. The summed E-state index contributed by atoms with van der Waals surface area (Å²) in [6.07, 6.45) is 0. The van der Waals surface area contributed by atoms with Gasteiger partial charge in [-0.2, -0.15) is 0 Å². The molecule has 1 atom stereocenters. The van der Waals surface area contributed by atoms with E-state index in [1.807, 2.05) is 62.4 Å². The molecule has 0 radical (unpaired) electrons. The van der Waals surface area contributed by atoms with Gasteiger partial charge in [0.25, 0.3) is 5.91 Å². The Labute approximate surface area is 211 Å². The number of aryl methyl sites for hydroxylation is 2. The maximum absolute atomic E-state index is 13.9. The highest BCUT2D eigenvalue weighted by molar-refractivity contribution is 5.99. The van der Waals surface area contributed by atoms with Crippen LogP contribution in [0.2, 0.25) is 0 Å². The zero-order valence-corrected chi connectivity index (χ0v) is 21.6. The lowest BCUT2D eigenvalue weighted by Crippen LogP contribution is -2.29. The molecule has 5 heteroatoms. The minimum Gasteiger partial charge on any atom is -0.497 e. The molecule has 36 heavy (non-hydrogen) atoms. The normalized spacial score (nSPS) is 15.4. The molecule has 2 heterocycles.